The van der Waals surface area contributed by atoms with Crippen molar-refractivity contribution in [2.75, 3.05) is 6.61 Å². The fraction of sp³-hybridized carbons (Fsp3) is 0.412. The van der Waals surface area contributed by atoms with Crippen molar-refractivity contribution < 1.29 is 5.11 Å². The van der Waals surface area contributed by atoms with Crippen LogP contribution in [0.3, 0.4) is 0 Å². The minimum absolute atomic E-state index is 0.191. The third-order valence-electron chi connectivity index (χ3n) is 3.62. The number of rotatable bonds is 6. The molecule has 0 aliphatic rings. The molecule has 0 spiro atoms. The summed E-state index contributed by atoms with van der Waals surface area (Å²) in [6, 6.07) is 13.1. The molecule has 108 valence electrons. The Morgan fingerprint density at radius 2 is 1.90 bits per heavy atom. The van der Waals surface area contributed by atoms with Crippen LogP contribution in [0.4, 0.5) is 0 Å². The van der Waals surface area contributed by atoms with Crippen molar-refractivity contribution in [3.05, 3.63) is 57.3 Å². The molecule has 2 nitrogen and oxygen atoms in total. The summed E-state index contributed by atoms with van der Waals surface area (Å²) in [7, 11) is 0. The van der Waals surface area contributed by atoms with Crippen LogP contribution >= 0.6 is 11.3 Å². The highest BCUT2D eigenvalue weighted by atomic mass is 32.1. The lowest BCUT2D eigenvalue weighted by atomic mass is 10.0. The van der Waals surface area contributed by atoms with E-state index in [1.165, 1.54) is 20.9 Å². The number of thiophene rings is 1. The van der Waals surface area contributed by atoms with Gasteiger partial charge in [0.15, 0.2) is 0 Å². The van der Waals surface area contributed by atoms with Gasteiger partial charge in [-0.05, 0) is 44.4 Å². The Kier molecular flexibility index (Phi) is 5.35. The van der Waals surface area contributed by atoms with Crippen molar-refractivity contribution >= 4 is 11.3 Å². The average molecular weight is 289 g/mol. The summed E-state index contributed by atoms with van der Waals surface area (Å²) in [4.78, 5) is 2.72. The molecule has 2 rings (SSSR count). The SMILES string of the molecule is Cc1cc(C(C)N[C@H](CCO)c2ccccc2)c(C)s1. The molecule has 0 fully saturated rings. The largest absolute Gasteiger partial charge is 0.396 e. The van der Waals surface area contributed by atoms with E-state index in [1.807, 2.05) is 29.5 Å². The molecule has 1 aromatic heterocycles. The van der Waals surface area contributed by atoms with Gasteiger partial charge in [-0.25, -0.2) is 0 Å². The van der Waals surface area contributed by atoms with Crippen molar-refractivity contribution in [2.45, 2.75) is 39.3 Å². The average Bonchev–Trinajstić information content (AvgIpc) is 2.78. The lowest BCUT2D eigenvalue weighted by molar-refractivity contribution is 0.260. The fourth-order valence-electron chi connectivity index (χ4n) is 2.63. The quantitative estimate of drug-likeness (QED) is 0.837. The molecule has 0 aliphatic heterocycles. The van der Waals surface area contributed by atoms with Crippen LogP contribution < -0.4 is 5.32 Å². The van der Waals surface area contributed by atoms with Crippen LogP contribution in [0.1, 0.15) is 46.3 Å². The molecule has 2 aromatic rings. The number of benzene rings is 1. The Morgan fingerprint density at radius 3 is 2.45 bits per heavy atom. The molecular formula is C17H23NOS. The van der Waals surface area contributed by atoms with Crippen molar-refractivity contribution in [3.63, 3.8) is 0 Å². The topological polar surface area (TPSA) is 32.3 Å². The Balaban J connectivity index is 2.14. The summed E-state index contributed by atoms with van der Waals surface area (Å²) in [6.45, 7) is 6.72. The second-order valence-electron chi connectivity index (χ2n) is 5.23. The van der Waals surface area contributed by atoms with E-state index in [0.29, 0.717) is 0 Å². The van der Waals surface area contributed by atoms with Gasteiger partial charge in [-0.15, -0.1) is 11.3 Å². The van der Waals surface area contributed by atoms with Crippen LogP contribution in [0.5, 0.6) is 0 Å². The first kappa shape index (κ1) is 15.2. The Labute approximate surface area is 125 Å². The number of aliphatic hydroxyl groups is 1. The summed E-state index contributed by atoms with van der Waals surface area (Å²) >= 11 is 1.84. The molecule has 0 aliphatic carbocycles. The molecule has 0 saturated heterocycles. The fourth-order valence-corrected chi connectivity index (χ4v) is 3.66. The zero-order valence-electron chi connectivity index (χ0n) is 12.4. The maximum atomic E-state index is 9.30. The van der Waals surface area contributed by atoms with Gasteiger partial charge in [-0.3, -0.25) is 0 Å². The van der Waals surface area contributed by atoms with Gasteiger partial charge < -0.3 is 10.4 Å². The van der Waals surface area contributed by atoms with Crippen molar-refractivity contribution in [2.24, 2.45) is 0 Å². The molecule has 3 heteroatoms. The maximum Gasteiger partial charge on any atom is 0.0449 e. The highest BCUT2D eigenvalue weighted by Crippen LogP contribution is 2.28. The predicted octanol–water partition coefficient (Wildman–Crippen LogP) is 4.14. The van der Waals surface area contributed by atoms with Gasteiger partial charge in [-0.1, -0.05) is 30.3 Å². The zero-order valence-corrected chi connectivity index (χ0v) is 13.2. The van der Waals surface area contributed by atoms with Gasteiger partial charge in [0.25, 0.3) is 0 Å². The minimum Gasteiger partial charge on any atom is -0.396 e. The maximum absolute atomic E-state index is 9.30. The number of aryl methyl sites for hydroxylation is 2. The van der Waals surface area contributed by atoms with Crippen molar-refractivity contribution in [1.82, 2.24) is 5.32 Å². The van der Waals surface area contributed by atoms with Crippen molar-refractivity contribution in [1.29, 1.82) is 0 Å². The Morgan fingerprint density at radius 1 is 1.20 bits per heavy atom. The van der Waals surface area contributed by atoms with Gasteiger partial charge in [0.05, 0.1) is 0 Å². The van der Waals surface area contributed by atoms with Crippen LogP contribution in [0.2, 0.25) is 0 Å². The molecule has 0 bridgehead atoms. The lowest BCUT2D eigenvalue weighted by Gasteiger charge is -2.23. The number of hydrogen-bond donors (Lipinski definition) is 2. The van der Waals surface area contributed by atoms with E-state index in [-0.39, 0.29) is 18.7 Å². The zero-order chi connectivity index (χ0) is 14.5. The first-order valence-corrected chi connectivity index (χ1v) is 7.92. The van der Waals surface area contributed by atoms with E-state index in [4.69, 9.17) is 0 Å². The minimum atomic E-state index is 0.191. The molecule has 0 saturated carbocycles. The number of nitrogens with one attached hydrogen (secondary N) is 1. The molecule has 2 N–H and O–H groups in total. The first-order chi connectivity index (χ1) is 9.61. The molecule has 1 aromatic carbocycles. The van der Waals surface area contributed by atoms with Gasteiger partial charge in [0, 0.05) is 28.4 Å². The molecule has 1 heterocycles. The highest BCUT2D eigenvalue weighted by molar-refractivity contribution is 7.12. The summed E-state index contributed by atoms with van der Waals surface area (Å²) in [5.41, 5.74) is 2.60. The van der Waals surface area contributed by atoms with Crippen LogP contribution in [0.15, 0.2) is 36.4 Å². The van der Waals surface area contributed by atoms with E-state index >= 15 is 0 Å². The Hall–Kier alpha value is -1.16. The second kappa shape index (κ2) is 7.02. The van der Waals surface area contributed by atoms with E-state index < -0.39 is 0 Å². The van der Waals surface area contributed by atoms with E-state index in [9.17, 15) is 5.11 Å². The van der Waals surface area contributed by atoms with Gasteiger partial charge in [-0.2, -0.15) is 0 Å². The number of hydrogen-bond acceptors (Lipinski definition) is 3. The molecule has 0 amide bonds. The summed E-state index contributed by atoms with van der Waals surface area (Å²) < 4.78 is 0. The third-order valence-corrected chi connectivity index (χ3v) is 4.60. The molecule has 20 heavy (non-hydrogen) atoms. The Bertz CT molecular complexity index is 535. The lowest BCUT2D eigenvalue weighted by Crippen LogP contribution is -2.25. The molecule has 1 unspecified atom stereocenters. The second-order valence-corrected chi connectivity index (χ2v) is 6.69. The van der Waals surface area contributed by atoms with E-state index in [2.05, 4.69) is 44.3 Å². The van der Waals surface area contributed by atoms with Crippen LogP contribution in [0, 0.1) is 13.8 Å². The highest BCUT2D eigenvalue weighted by Gasteiger charge is 2.17. The van der Waals surface area contributed by atoms with Crippen molar-refractivity contribution in [3.8, 4) is 0 Å². The van der Waals surface area contributed by atoms with Gasteiger partial charge in [0.2, 0.25) is 0 Å². The summed E-state index contributed by atoms with van der Waals surface area (Å²) in [5.74, 6) is 0. The summed E-state index contributed by atoms with van der Waals surface area (Å²) in [5, 5.41) is 13.0. The number of aliphatic hydroxyl groups excluding tert-OH is 1. The first-order valence-electron chi connectivity index (χ1n) is 7.10. The molecular weight excluding hydrogens is 266 g/mol. The van der Waals surface area contributed by atoms with Crippen LogP contribution in [-0.4, -0.2) is 11.7 Å². The third kappa shape index (κ3) is 3.69. The standard InChI is InChI=1S/C17H23NOS/c1-12-11-16(14(3)20-12)13(2)18-17(9-10-19)15-7-5-4-6-8-15/h4-8,11,13,17-19H,9-10H2,1-3H3/t13?,17-/m1/s1. The molecule has 0 radical (unpaired) electrons. The smallest absolute Gasteiger partial charge is 0.0449 e. The van der Waals surface area contributed by atoms with E-state index in [0.717, 1.165) is 6.42 Å². The monoisotopic (exact) mass is 289 g/mol. The predicted molar refractivity (Wildman–Crippen MR) is 86.2 cm³/mol. The normalized spacial score (nSPS) is 14.2. The molecule has 2 atom stereocenters. The van der Waals surface area contributed by atoms with Crippen LogP contribution in [0.25, 0.3) is 0 Å². The van der Waals surface area contributed by atoms with Gasteiger partial charge >= 0.3 is 0 Å². The van der Waals surface area contributed by atoms with E-state index in [1.54, 1.807) is 0 Å². The van der Waals surface area contributed by atoms with Gasteiger partial charge in [0.1, 0.15) is 0 Å². The van der Waals surface area contributed by atoms with Crippen LogP contribution in [-0.2, 0) is 0 Å². The summed E-state index contributed by atoms with van der Waals surface area (Å²) in [6.07, 6.45) is 0.733.